The minimum atomic E-state index is -0.812. The van der Waals surface area contributed by atoms with Gasteiger partial charge in [0.1, 0.15) is 13.2 Å². The normalized spacial score (nSPS) is 12.9. The van der Waals surface area contributed by atoms with E-state index in [0.717, 1.165) is 109 Å². The summed E-state index contributed by atoms with van der Waals surface area (Å²) >= 11 is 0. The molecule has 0 amide bonds. The van der Waals surface area contributed by atoms with Gasteiger partial charge in [0.15, 0.2) is 6.10 Å². The number of hydrogen-bond donors (Lipinski definition) is 0. The molecule has 0 rings (SSSR count). The highest BCUT2D eigenvalue weighted by molar-refractivity contribution is 5.71. The summed E-state index contributed by atoms with van der Waals surface area (Å²) in [5, 5.41) is 0. The van der Waals surface area contributed by atoms with E-state index in [-0.39, 0.29) is 37.5 Å². The van der Waals surface area contributed by atoms with E-state index in [2.05, 4.69) is 142 Å². The van der Waals surface area contributed by atoms with E-state index in [1.165, 1.54) is 122 Å². The molecular formula is C69H114O6. The van der Waals surface area contributed by atoms with Gasteiger partial charge >= 0.3 is 17.9 Å². The summed E-state index contributed by atoms with van der Waals surface area (Å²) in [7, 11) is 0. The molecule has 1 unspecified atom stereocenters. The van der Waals surface area contributed by atoms with Gasteiger partial charge in [0.05, 0.1) is 0 Å². The predicted molar refractivity (Wildman–Crippen MR) is 325 cm³/mol. The fraction of sp³-hybridized carbons (Fsp3) is 0.667. The molecule has 0 spiro atoms. The molecule has 0 aromatic rings. The van der Waals surface area contributed by atoms with Crippen molar-refractivity contribution in [3.05, 3.63) is 122 Å². The summed E-state index contributed by atoms with van der Waals surface area (Å²) in [6.07, 6.45) is 86.2. The van der Waals surface area contributed by atoms with Crippen LogP contribution in [-0.4, -0.2) is 37.2 Å². The average Bonchev–Trinajstić information content (AvgIpc) is 3.41. The van der Waals surface area contributed by atoms with Gasteiger partial charge in [-0.25, -0.2) is 0 Å². The second-order valence-electron chi connectivity index (χ2n) is 20.2. The Morgan fingerprint density at radius 2 is 0.533 bits per heavy atom. The molecule has 0 fully saturated rings. The first-order chi connectivity index (χ1) is 37.0. The third kappa shape index (κ3) is 60.6. The number of esters is 3. The lowest BCUT2D eigenvalue weighted by atomic mass is 10.1. The molecule has 0 heterocycles. The maximum absolute atomic E-state index is 12.9. The van der Waals surface area contributed by atoms with Crippen molar-refractivity contribution < 1.29 is 28.6 Å². The van der Waals surface area contributed by atoms with E-state index in [4.69, 9.17) is 14.2 Å². The van der Waals surface area contributed by atoms with Gasteiger partial charge in [0, 0.05) is 19.3 Å². The van der Waals surface area contributed by atoms with Gasteiger partial charge in [-0.05, 0) is 128 Å². The van der Waals surface area contributed by atoms with Crippen molar-refractivity contribution in [3.8, 4) is 0 Å². The van der Waals surface area contributed by atoms with Crippen LogP contribution in [0.5, 0.6) is 0 Å². The number of carbonyl (C=O) groups is 3. The number of allylic oxidation sites excluding steroid dienone is 20. The van der Waals surface area contributed by atoms with Crippen LogP contribution in [-0.2, 0) is 28.6 Å². The largest absolute Gasteiger partial charge is 0.462 e. The zero-order valence-corrected chi connectivity index (χ0v) is 48.8. The van der Waals surface area contributed by atoms with Crippen LogP contribution in [0.3, 0.4) is 0 Å². The molecule has 0 aliphatic rings. The summed E-state index contributed by atoms with van der Waals surface area (Å²) in [5.74, 6) is -0.975. The Kier molecular flexibility index (Phi) is 58.9. The third-order valence-corrected chi connectivity index (χ3v) is 12.9. The predicted octanol–water partition coefficient (Wildman–Crippen LogP) is 21.2. The molecule has 0 aliphatic heterocycles. The van der Waals surface area contributed by atoms with Crippen LogP contribution in [0.4, 0.5) is 0 Å². The Hall–Kier alpha value is -4.19. The number of ether oxygens (including phenoxy) is 3. The number of unbranched alkanes of at least 4 members (excludes halogenated alkanes) is 24. The molecule has 0 aliphatic carbocycles. The van der Waals surface area contributed by atoms with Crippen molar-refractivity contribution in [1.82, 2.24) is 0 Å². The summed E-state index contributed by atoms with van der Waals surface area (Å²) in [5.41, 5.74) is 0. The van der Waals surface area contributed by atoms with Crippen molar-refractivity contribution in [2.24, 2.45) is 0 Å². The van der Waals surface area contributed by atoms with Crippen molar-refractivity contribution in [2.45, 2.75) is 284 Å². The molecule has 0 saturated carbocycles. The molecule has 6 heteroatoms. The van der Waals surface area contributed by atoms with Gasteiger partial charge in [-0.2, -0.15) is 0 Å². The van der Waals surface area contributed by atoms with E-state index in [1.807, 2.05) is 0 Å². The molecule has 1 atom stereocenters. The Labute approximate surface area is 462 Å². The van der Waals surface area contributed by atoms with E-state index in [9.17, 15) is 14.4 Å². The van der Waals surface area contributed by atoms with Crippen molar-refractivity contribution >= 4 is 17.9 Å². The highest BCUT2D eigenvalue weighted by Gasteiger charge is 2.19. The average molecular weight is 1040 g/mol. The number of rotatable bonds is 55. The Morgan fingerprint density at radius 3 is 0.907 bits per heavy atom. The first kappa shape index (κ1) is 70.8. The molecule has 0 aromatic carbocycles. The maximum Gasteiger partial charge on any atom is 0.306 e. The van der Waals surface area contributed by atoms with Gasteiger partial charge in [0.25, 0.3) is 0 Å². The Morgan fingerprint density at radius 1 is 0.280 bits per heavy atom. The molecule has 6 nitrogen and oxygen atoms in total. The van der Waals surface area contributed by atoms with Crippen LogP contribution in [0, 0.1) is 0 Å². The quantitative estimate of drug-likeness (QED) is 0.0261. The molecule has 0 saturated heterocycles. The first-order valence-electron chi connectivity index (χ1n) is 31.0. The molecule has 0 bridgehead atoms. The Balaban J connectivity index is 4.50. The standard InChI is InChI=1S/C69H114O6/c1-4-7-10-13-16-19-22-25-28-30-32-33-34-35-37-38-41-44-47-50-53-56-59-62-68(71)74-65-66(64-73-67(70)61-58-55-52-49-46-43-40-27-24-21-18-15-12-9-6-3)75-69(72)63-60-57-54-51-48-45-42-39-36-31-29-26-23-20-17-14-11-8-5-2/h7,10,16-17,19-20,25-29,32-33,35,37,40-41,44,50,53,66H,4-6,8-9,11-15,18,21-24,30-31,34,36,38-39,42-43,45-49,51-52,54-65H2,1-3H3/b10-7-,19-16-,20-17-,28-25-,29-26-,33-32-,37-35-,40-27-,44-41-,53-50-. The fourth-order valence-corrected chi connectivity index (χ4v) is 8.28. The summed E-state index contributed by atoms with van der Waals surface area (Å²) in [6.45, 7) is 6.45. The van der Waals surface area contributed by atoms with Crippen molar-refractivity contribution in [3.63, 3.8) is 0 Å². The molecule has 75 heavy (non-hydrogen) atoms. The van der Waals surface area contributed by atoms with Crippen LogP contribution < -0.4 is 0 Å². The van der Waals surface area contributed by atoms with Gasteiger partial charge < -0.3 is 14.2 Å². The van der Waals surface area contributed by atoms with Crippen molar-refractivity contribution in [1.29, 1.82) is 0 Å². The lowest BCUT2D eigenvalue weighted by Gasteiger charge is -2.18. The summed E-state index contributed by atoms with van der Waals surface area (Å²) in [4.78, 5) is 38.3. The smallest absolute Gasteiger partial charge is 0.306 e. The zero-order chi connectivity index (χ0) is 54.3. The van der Waals surface area contributed by atoms with Crippen LogP contribution in [0.15, 0.2) is 122 Å². The van der Waals surface area contributed by atoms with Gasteiger partial charge in [-0.3, -0.25) is 14.4 Å². The molecular weight excluding hydrogens is 925 g/mol. The minimum absolute atomic E-state index is 0.104. The van der Waals surface area contributed by atoms with Crippen LogP contribution in [0.2, 0.25) is 0 Å². The summed E-state index contributed by atoms with van der Waals surface area (Å²) < 4.78 is 16.9. The maximum atomic E-state index is 12.9. The van der Waals surface area contributed by atoms with Crippen LogP contribution in [0.1, 0.15) is 278 Å². The monoisotopic (exact) mass is 1040 g/mol. The third-order valence-electron chi connectivity index (χ3n) is 12.9. The SMILES string of the molecule is CC/C=C\C/C=C\C/C=C\C/C=C\C/C=C\C/C=C\C/C=C\CCCC(=O)OCC(COC(=O)CCCCCCC/C=C\CCCCCCCC)OC(=O)CCCCCCCCCCC/C=C\C/C=C\CCCCC. The highest BCUT2D eigenvalue weighted by Crippen LogP contribution is 2.15. The van der Waals surface area contributed by atoms with E-state index in [0.29, 0.717) is 19.3 Å². The molecule has 0 N–H and O–H groups in total. The van der Waals surface area contributed by atoms with E-state index >= 15 is 0 Å². The lowest BCUT2D eigenvalue weighted by molar-refractivity contribution is -0.167. The summed E-state index contributed by atoms with van der Waals surface area (Å²) in [6, 6.07) is 0. The van der Waals surface area contributed by atoms with Gasteiger partial charge in [-0.15, -0.1) is 0 Å². The second-order valence-corrected chi connectivity index (χ2v) is 20.2. The molecule has 0 aromatic heterocycles. The van der Waals surface area contributed by atoms with Gasteiger partial charge in [0.2, 0.25) is 0 Å². The fourth-order valence-electron chi connectivity index (χ4n) is 8.28. The lowest BCUT2D eigenvalue weighted by Crippen LogP contribution is -2.30. The Bertz CT molecular complexity index is 1570. The van der Waals surface area contributed by atoms with Crippen molar-refractivity contribution in [2.75, 3.05) is 13.2 Å². The van der Waals surface area contributed by atoms with Crippen LogP contribution in [0.25, 0.3) is 0 Å². The minimum Gasteiger partial charge on any atom is -0.462 e. The zero-order valence-electron chi connectivity index (χ0n) is 48.8. The second kappa shape index (κ2) is 62.4. The highest BCUT2D eigenvalue weighted by atomic mass is 16.6. The molecule has 426 valence electrons. The van der Waals surface area contributed by atoms with E-state index in [1.54, 1.807) is 0 Å². The number of carbonyl (C=O) groups excluding carboxylic acids is 3. The van der Waals surface area contributed by atoms with Gasteiger partial charge in [-0.1, -0.05) is 251 Å². The molecule has 0 radical (unpaired) electrons. The van der Waals surface area contributed by atoms with Crippen LogP contribution >= 0.6 is 0 Å². The number of hydrogen-bond acceptors (Lipinski definition) is 6. The van der Waals surface area contributed by atoms with E-state index < -0.39 is 6.10 Å². The first-order valence-corrected chi connectivity index (χ1v) is 31.0. The topological polar surface area (TPSA) is 78.9 Å².